The van der Waals surface area contributed by atoms with Crippen LogP contribution in [0.4, 0.5) is 4.39 Å². The van der Waals surface area contributed by atoms with Crippen LogP contribution in [0, 0.1) is 5.82 Å². The largest absolute Gasteiger partial charge is 0.339 e. The van der Waals surface area contributed by atoms with Gasteiger partial charge in [0.25, 0.3) is 0 Å². The van der Waals surface area contributed by atoms with Gasteiger partial charge >= 0.3 is 0 Å². The van der Waals surface area contributed by atoms with E-state index in [1.165, 1.54) is 10.9 Å². The summed E-state index contributed by atoms with van der Waals surface area (Å²) in [5.41, 5.74) is 0.559. The molecule has 1 amide bonds. The van der Waals surface area contributed by atoms with E-state index in [1.807, 2.05) is 4.90 Å². The van der Waals surface area contributed by atoms with Gasteiger partial charge in [-0.3, -0.25) is 19.5 Å². The Bertz CT molecular complexity index is 813. The first-order valence-corrected chi connectivity index (χ1v) is 11.7. The van der Waals surface area contributed by atoms with E-state index in [0.29, 0.717) is 23.7 Å². The quantitative estimate of drug-likeness (QED) is 0.676. The number of amides is 1. The number of hydrogen-bond donors (Lipinski definition) is 0. The first kappa shape index (κ1) is 21.7. The van der Waals surface area contributed by atoms with Gasteiger partial charge in [-0.1, -0.05) is 23.7 Å². The molecule has 8 heteroatoms. The Morgan fingerprint density at radius 1 is 0.900 bits per heavy atom. The minimum atomic E-state index is -0.252. The van der Waals surface area contributed by atoms with E-state index < -0.39 is 0 Å². The summed E-state index contributed by atoms with van der Waals surface area (Å²) in [6.07, 6.45) is 0. The molecule has 162 valence electrons. The fraction of sp³-hybridized carbons (Fsp3) is 0.500. The fourth-order valence-electron chi connectivity index (χ4n) is 4.08. The third-order valence-electron chi connectivity index (χ3n) is 5.95. The van der Waals surface area contributed by atoms with E-state index in [4.69, 9.17) is 11.6 Å². The van der Waals surface area contributed by atoms with Crippen molar-refractivity contribution in [3.05, 3.63) is 57.0 Å². The second kappa shape index (κ2) is 10.2. The normalized spacial score (nSPS) is 19.3. The van der Waals surface area contributed by atoms with Crippen LogP contribution >= 0.6 is 22.9 Å². The van der Waals surface area contributed by atoms with Crippen LogP contribution in [0.1, 0.15) is 10.4 Å². The van der Waals surface area contributed by atoms with Crippen LogP contribution in [0.2, 0.25) is 5.02 Å². The van der Waals surface area contributed by atoms with E-state index in [1.54, 1.807) is 23.5 Å². The van der Waals surface area contributed by atoms with Crippen molar-refractivity contribution in [3.63, 3.8) is 0 Å². The Hall–Kier alpha value is -1.51. The highest BCUT2D eigenvalue weighted by Crippen LogP contribution is 2.21. The summed E-state index contributed by atoms with van der Waals surface area (Å²) in [6.45, 7) is 8.69. The number of carbonyl (C=O) groups excluding carboxylic acids is 1. The molecule has 2 aromatic rings. The van der Waals surface area contributed by atoms with Crippen LogP contribution in [-0.2, 0) is 17.9 Å². The number of benzene rings is 1. The van der Waals surface area contributed by atoms with Gasteiger partial charge in [0, 0.05) is 80.9 Å². The predicted octanol–water partition coefficient (Wildman–Crippen LogP) is 3.00. The zero-order chi connectivity index (χ0) is 20.9. The highest BCUT2D eigenvalue weighted by Gasteiger charge is 2.25. The first-order valence-electron chi connectivity index (χ1n) is 10.5. The summed E-state index contributed by atoms with van der Waals surface area (Å²) in [5.74, 6) is -0.0327. The first-order chi connectivity index (χ1) is 14.6. The third kappa shape index (κ3) is 5.59. The topological polar surface area (TPSA) is 30.0 Å². The average molecular weight is 451 g/mol. The van der Waals surface area contributed by atoms with Crippen LogP contribution < -0.4 is 0 Å². The lowest BCUT2D eigenvalue weighted by atomic mass is 10.2. The highest BCUT2D eigenvalue weighted by atomic mass is 35.5. The molecule has 0 N–H and O–H groups in total. The molecule has 2 aliphatic rings. The molecule has 30 heavy (non-hydrogen) atoms. The molecule has 0 spiro atoms. The summed E-state index contributed by atoms with van der Waals surface area (Å²) in [7, 11) is 0. The molecule has 1 aromatic heterocycles. The Morgan fingerprint density at radius 2 is 1.57 bits per heavy atom. The van der Waals surface area contributed by atoms with Crippen molar-refractivity contribution in [2.24, 2.45) is 0 Å². The van der Waals surface area contributed by atoms with Crippen LogP contribution in [0.15, 0.2) is 35.7 Å². The van der Waals surface area contributed by atoms with Gasteiger partial charge in [-0.15, -0.1) is 11.3 Å². The summed E-state index contributed by atoms with van der Waals surface area (Å²) in [6, 6.07) is 9.07. The lowest BCUT2D eigenvalue weighted by Crippen LogP contribution is -2.53. The Kier molecular flexibility index (Phi) is 7.38. The number of carbonyl (C=O) groups is 1. The van der Waals surface area contributed by atoms with Crippen molar-refractivity contribution >= 4 is 28.8 Å². The van der Waals surface area contributed by atoms with Crippen molar-refractivity contribution in [2.45, 2.75) is 13.1 Å². The van der Waals surface area contributed by atoms with E-state index in [-0.39, 0.29) is 11.7 Å². The fourth-order valence-corrected chi connectivity index (χ4v) is 5.05. The number of thiophene rings is 1. The summed E-state index contributed by atoms with van der Waals surface area (Å²) >= 11 is 7.94. The molecule has 2 aliphatic heterocycles. The molecule has 2 saturated heterocycles. The molecule has 0 atom stereocenters. The number of halogens is 2. The summed E-state index contributed by atoms with van der Waals surface area (Å²) in [4.78, 5) is 22.9. The maximum absolute atomic E-state index is 14.0. The van der Waals surface area contributed by atoms with Crippen molar-refractivity contribution in [1.29, 1.82) is 0 Å². The lowest BCUT2D eigenvalue weighted by molar-refractivity contribution is -0.134. The van der Waals surface area contributed by atoms with Crippen molar-refractivity contribution in [3.8, 4) is 0 Å². The average Bonchev–Trinajstić information content (AvgIpc) is 3.26. The maximum atomic E-state index is 14.0. The van der Waals surface area contributed by atoms with Gasteiger partial charge in [-0.05, 0) is 23.6 Å². The van der Waals surface area contributed by atoms with Crippen LogP contribution in [0.5, 0.6) is 0 Å². The molecule has 0 aliphatic carbocycles. The number of rotatable bonds is 6. The van der Waals surface area contributed by atoms with Gasteiger partial charge in [0.05, 0.1) is 6.54 Å². The standard InChI is InChI=1S/C22H28ClFN4OS/c23-20-4-1-5-21(24)19(20)16-26-6-8-27(9-7-26)17-22(29)28-12-10-25(11-13-28)15-18-3-2-14-30-18/h1-5,14H,6-13,15-17H2. The summed E-state index contributed by atoms with van der Waals surface area (Å²) < 4.78 is 14.0. The Balaban J connectivity index is 1.18. The monoisotopic (exact) mass is 450 g/mol. The maximum Gasteiger partial charge on any atom is 0.236 e. The number of hydrogen-bond acceptors (Lipinski definition) is 5. The second-order valence-electron chi connectivity index (χ2n) is 7.99. The minimum Gasteiger partial charge on any atom is -0.339 e. The van der Waals surface area contributed by atoms with Crippen LogP contribution in [-0.4, -0.2) is 84.4 Å². The summed E-state index contributed by atoms with van der Waals surface area (Å²) in [5, 5.41) is 2.59. The Labute approximate surface area is 186 Å². The zero-order valence-corrected chi connectivity index (χ0v) is 18.7. The van der Waals surface area contributed by atoms with Gasteiger partial charge in [0.15, 0.2) is 0 Å². The Morgan fingerprint density at radius 3 is 2.23 bits per heavy atom. The predicted molar refractivity (Wildman–Crippen MR) is 119 cm³/mol. The molecular formula is C22H28ClFN4OS. The molecule has 1 aromatic carbocycles. The van der Waals surface area contributed by atoms with Crippen LogP contribution in [0.25, 0.3) is 0 Å². The molecule has 0 saturated carbocycles. The van der Waals surface area contributed by atoms with E-state index in [9.17, 15) is 9.18 Å². The smallest absolute Gasteiger partial charge is 0.236 e. The SMILES string of the molecule is O=C(CN1CCN(Cc2c(F)cccc2Cl)CC1)N1CCN(Cc2cccs2)CC1. The molecule has 0 bridgehead atoms. The third-order valence-corrected chi connectivity index (χ3v) is 7.17. The molecule has 5 nitrogen and oxygen atoms in total. The number of piperazine rings is 2. The van der Waals surface area contributed by atoms with Crippen molar-refractivity contribution in [2.75, 3.05) is 58.9 Å². The number of nitrogens with zero attached hydrogens (tertiary/aromatic N) is 4. The van der Waals surface area contributed by atoms with Crippen LogP contribution in [0.3, 0.4) is 0 Å². The molecule has 4 rings (SSSR count). The van der Waals surface area contributed by atoms with E-state index in [2.05, 4.69) is 32.2 Å². The van der Waals surface area contributed by atoms with Gasteiger partial charge in [0.2, 0.25) is 5.91 Å². The molecule has 0 unspecified atom stereocenters. The van der Waals surface area contributed by atoms with E-state index >= 15 is 0 Å². The van der Waals surface area contributed by atoms with Gasteiger partial charge in [0.1, 0.15) is 5.82 Å². The minimum absolute atomic E-state index is 0.219. The van der Waals surface area contributed by atoms with Gasteiger partial charge < -0.3 is 4.90 Å². The van der Waals surface area contributed by atoms with E-state index in [0.717, 1.165) is 58.9 Å². The van der Waals surface area contributed by atoms with Gasteiger partial charge in [-0.25, -0.2) is 4.39 Å². The molecule has 0 radical (unpaired) electrons. The van der Waals surface area contributed by atoms with Crippen molar-refractivity contribution < 1.29 is 9.18 Å². The molecular weight excluding hydrogens is 423 g/mol. The van der Waals surface area contributed by atoms with Crippen molar-refractivity contribution in [1.82, 2.24) is 19.6 Å². The molecule has 3 heterocycles. The second-order valence-corrected chi connectivity index (χ2v) is 9.43. The zero-order valence-electron chi connectivity index (χ0n) is 17.1. The highest BCUT2D eigenvalue weighted by molar-refractivity contribution is 7.09. The van der Waals surface area contributed by atoms with Gasteiger partial charge in [-0.2, -0.15) is 0 Å². The molecule has 2 fully saturated rings. The lowest BCUT2D eigenvalue weighted by Gasteiger charge is -2.38.